The van der Waals surface area contributed by atoms with Crippen molar-refractivity contribution in [3.63, 3.8) is 0 Å². The molecule has 146 valence electrons. The van der Waals surface area contributed by atoms with E-state index in [4.69, 9.17) is 16.3 Å². The number of hydrogen-bond acceptors (Lipinski definition) is 4. The van der Waals surface area contributed by atoms with E-state index >= 15 is 0 Å². The van der Waals surface area contributed by atoms with Crippen molar-refractivity contribution in [3.8, 4) is 5.75 Å². The van der Waals surface area contributed by atoms with Crippen LogP contribution in [-0.2, 0) is 9.59 Å². The molecule has 0 saturated heterocycles. The number of aryl methyl sites for hydroxylation is 1. The highest BCUT2D eigenvalue weighted by Gasteiger charge is 2.08. The van der Waals surface area contributed by atoms with Gasteiger partial charge in [0.15, 0.2) is 0 Å². The molecular formula is C21H22ClN3O3. The van der Waals surface area contributed by atoms with Gasteiger partial charge in [0.25, 0.3) is 0 Å². The minimum atomic E-state index is -0.363. The first kappa shape index (κ1) is 21.2. The predicted molar refractivity (Wildman–Crippen MR) is 112 cm³/mol. The number of halogens is 1. The van der Waals surface area contributed by atoms with Gasteiger partial charge in [0.2, 0.25) is 11.8 Å². The fraction of sp³-hybridized carbons (Fsp3) is 0.190. The number of benzene rings is 2. The van der Waals surface area contributed by atoms with Gasteiger partial charge < -0.3 is 10.1 Å². The Balaban J connectivity index is 1.79. The Morgan fingerprint density at radius 3 is 2.68 bits per heavy atom. The monoisotopic (exact) mass is 399 g/mol. The van der Waals surface area contributed by atoms with Crippen LogP contribution in [0, 0.1) is 6.92 Å². The second-order valence-electron chi connectivity index (χ2n) is 5.94. The van der Waals surface area contributed by atoms with Crippen LogP contribution in [-0.4, -0.2) is 24.6 Å². The van der Waals surface area contributed by atoms with Gasteiger partial charge in [0, 0.05) is 29.1 Å². The standard InChI is InChI=1S/C21H22ClN3O3/c1-3-12-28-19-7-5-4-6-16(19)14-23-25-21(27)11-10-20(26)24-17-9-8-15(2)18(22)13-17/h3-9,13-14H,1,10-12H2,2H3,(H,24,26)(H,25,27). The van der Waals surface area contributed by atoms with Gasteiger partial charge in [0.05, 0.1) is 6.21 Å². The van der Waals surface area contributed by atoms with Gasteiger partial charge >= 0.3 is 0 Å². The zero-order chi connectivity index (χ0) is 20.4. The van der Waals surface area contributed by atoms with E-state index < -0.39 is 0 Å². The van der Waals surface area contributed by atoms with Crippen molar-refractivity contribution in [2.45, 2.75) is 19.8 Å². The Bertz CT molecular complexity index is 881. The normalized spacial score (nSPS) is 10.5. The fourth-order valence-electron chi connectivity index (χ4n) is 2.22. The Kier molecular flexibility index (Phi) is 8.24. The number of carbonyl (C=O) groups is 2. The van der Waals surface area contributed by atoms with Crippen LogP contribution in [0.2, 0.25) is 5.02 Å². The van der Waals surface area contributed by atoms with Crippen molar-refractivity contribution in [3.05, 3.63) is 71.3 Å². The van der Waals surface area contributed by atoms with Crippen molar-refractivity contribution >= 4 is 35.3 Å². The molecule has 0 aliphatic carbocycles. The summed E-state index contributed by atoms with van der Waals surface area (Å²) in [5.74, 6) is -0.00316. The van der Waals surface area contributed by atoms with Gasteiger partial charge in [0.1, 0.15) is 12.4 Å². The van der Waals surface area contributed by atoms with E-state index in [1.54, 1.807) is 24.3 Å². The van der Waals surface area contributed by atoms with E-state index in [0.717, 1.165) is 11.1 Å². The highest BCUT2D eigenvalue weighted by Crippen LogP contribution is 2.20. The van der Waals surface area contributed by atoms with Gasteiger partial charge in [-0.25, -0.2) is 5.43 Å². The third kappa shape index (κ3) is 6.89. The molecule has 2 amide bonds. The molecule has 28 heavy (non-hydrogen) atoms. The molecule has 0 atom stereocenters. The average molecular weight is 400 g/mol. The van der Waals surface area contributed by atoms with E-state index in [-0.39, 0.29) is 24.7 Å². The van der Waals surface area contributed by atoms with Crippen molar-refractivity contribution < 1.29 is 14.3 Å². The van der Waals surface area contributed by atoms with Crippen LogP contribution in [0.15, 0.2) is 60.2 Å². The lowest BCUT2D eigenvalue weighted by molar-refractivity contribution is -0.124. The van der Waals surface area contributed by atoms with Crippen LogP contribution in [0.5, 0.6) is 5.75 Å². The van der Waals surface area contributed by atoms with Gasteiger partial charge in [-0.3, -0.25) is 9.59 Å². The molecule has 0 spiro atoms. The number of rotatable bonds is 9. The molecule has 0 fully saturated rings. The lowest BCUT2D eigenvalue weighted by atomic mass is 10.2. The number of carbonyl (C=O) groups excluding carboxylic acids is 2. The predicted octanol–water partition coefficient (Wildman–Crippen LogP) is 4.08. The summed E-state index contributed by atoms with van der Waals surface area (Å²) in [5.41, 5.74) is 4.64. The largest absolute Gasteiger partial charge is 0.489 e. The fourth-order valence-corrected chi connectivity index (χ4v) is 2.40. The van der Waals surface area contributed by atoms with E-state index in [9.17, 15) is 9.59 Å². The van der Waals surface area contributed by atoms with Crippen molar-refractivity contribution in [2.75, 3.05) is 11.9 Å². The molecule has 0 aliphatic heterocycles. The maximum atomic E-state index is 12.0. The summed E-state index contributed by atoms with van der Waals surface area (Å²) in [6, 6.07) is 12.5. The van der Waals surface area contributed by atoms with Gasteiger partial charge in [-0.05, 0) is 36.8 Å². The summed E-state index contributed by atoms with van der Waals surface area (Å²) >= 11 is 6.03. The number of anilines is 1. The van der Waals surface area contributed by atoms with Crippen molar-refractivity contribution in [1.82, 2.24) is 5.43 Å². The Morgan fingerprint density at radius 2 is 1.93 bits per heavy atom. The molecule has 6 nitrogen and oxygen atoms in total. The minimum absolute atomic E-state index is 0.0113. The van der Waals surface area contributed by atoms with Crippen LogP contribution in [0.4, 0.5) is 5.69 Å². The second-order valence-corrected chi connectivity index (χ2v) is 6.35. The van der Waals surface area contributed by atoms with Crippen molar-refractivity contribution in [1.29, 1.82) is 0 Å². The third-order valence-corrected chi connectivity index (χ3v) is 4.11. The van der Waals surface area contributed by atoms with Gasteiger partial charge in [-0.2, -0.15) is 5.10 Å². The van der Waals surface area contributed by atoms with Crippen LogP contribution >= 0.6 is 11.6 Å². The first-order valence-corrected chi connectivity index (χ1v) is 9.08. The van der Waals surface area contributed by atoms with Gasteiger partial charge in [-0.1, -0.05) is 42.5 Å². The lowest BCUT2D eigenvalue weighted by Gasteiger charge is -2.07. The zero-order valence-electron chi connectivity index (χ0n) is 15.6. The molecular weight excluding hydrogens is 378 g/mol. The summed E-state index contributed by atoms with van der Waals surface area (Å²) in [6.07, 6.45) is 3.18. The minimum Gasteiger partial charge on any atom is -0.489 e. The molecule has 0 radical (unpaired) electrons. The average Bonchev–Trinajstić information content (AvgIpc) is 2.68. The second kappa shape index (κ2) is 10.9. The summed E-state index contributed by atoms with van der Waals surface area (Å²) in [7, 11) is 0. The summed E-state index contributed by atoms with van der Waals surface area (Å²) < 4.78 is 5.51. The number of nitrogens with zero attached hydrogens (tertiary/aromatic N) is 1. The molecule has 0 aromatic heterocycles. The van der Waals surface area contributed by atoms with E-state index in [0.29, 0.717) is 23.1 Å². The van der Waals surface area contributed by atoms with E-state index in [1.807, 2.05) is 31.2 Å². The molecule has 7 heteroatoms. The zero-order valence-corrected chi connectivity index (χ0v) is 16.3. The number of para-hydroxylation sites is 1. The molecule has 2 aromatic carbocycles. The topological polar surface area (TPSA) is 79.8 Å². The number of hydrogen-bond donors (Lipinski definition) is 2. The molecule has 0 aliphatic rings. The Morgan fingerprint density at radius 1 is 1.18 bits per heavy atom. The maximum absolute atomic E-state index is 12.0. The molecule has 0 saturated carbocycles. The van der Waals surface area contributed by atoms with Gasteiger partial charge in [-0.15, -0.1) is 0 Å². The smallest absolute Gasteiger partial charge is 0.240 e. The van der Waals surface area contributed by atoms with Crippen LogP contribution < -0.4 is 15.5 Å². The highest BCUT2D eigenvalue weighted by molar-refractivity contribution is 6.31. The Labute approximate surface area is 169 Å². The highest BCUT2D eigenvalue weighted by atomic mass is 35.5. The lowest BCUT2D eigenvalue weighted by Crippen LogP contribution is -2.20. The molecule has 2 N–H and O–H groups in total. The molecule has 0 bridgehead atoms. The summed E-state index contributed by atoms with van der Waals surface area (Å²) in [6.45, 7) is 5.86. The van der Waals surface area contributed by atoms with Crippen LogP contribution in [0.1, 0.15) is 24.0 Å². The summed E-state index contributed by atoms with van der Waals surface area (Å²) in [5, 5.41) is 7.19. The quantitative estimate of drug-likeness (QED) is 0.378. The summed E-state index contributed by atoms with van der Waals surface area (Å²) in [4.78, 5) is 23.8. The SMILES string of the molecule is C=CCOc1ccccc1C=NNC(=O)CCC(=O)Nc1ccc(C)c(Cl)c1. The van der Waals surface area contributed by atoms with Crippen molar-refractivity contribution in [2.24, 2.45) is 5.10 Å². The molecule has 2 rings (SSSR count). The molecule has 2 aromatic rings. The van der Waals surface area contributed by atoms with Crippen LogP contribution in [0.25, 0.3) is 0 Å². The van der Waals surface area contributed by atoms with Crippen LogP contribution in [0.3, 0.4) is 0 Å². The number of hydrazone groups is 1. The third-order valence-electron chi connectivity index (χ3n) is 3.70. The van der Waals surface area contributed by atoms with E-state index in [2.05, 4.69) is 22.4 Å². The maximum Gasteiger partial charge on any atom is 0.240 e. The first-order chi connectivity index (χ1) is 13.5. The number of nitrogens with one attached hydrogen (secondary N) is 2. The number of amides is 2. The van der Waals surface area contributed by atoms with E-state index in [1.165, 1.54) is 6.21 Å². The molecule has 0 heterocycles. The molecule has 0 unspecified atom stereocenters. The Hall–Kier alpha value is -3.12. The first-order valence-electron chi connectivity index (χ1n) is 8.70. The number of ether oxygens (including phenoxy) is 1.